The smallest absolute Gasteiger partial charge is 0.273 e. The van der Waals surface area contributed by atoms with Crippen molar-refractivity contribution < 1.29 is 9.90 Å². The first kappa shape index (κ1) is 16.9. The molecule has 26 heavy (non-hydrogen) atoms. The first-order chi connectivity index (χ1) is 12.6. The SMILES string of the molecule is Cc1nc(C(=O)N2CCn3nc([C@@H](O)Cc4ccccc4)cc3C2)cs1. The molecule has 4 rings (SSSR count). The van der Waals surface area contributed by atoms with Gasteiger partial charge in [0.2, 0.25) is 0 Å². The molecule has 0 aliphatic carbocycles. The predicted molar refractivity (Wildman–Crippen MR) is 98.9 cm³/mol. The minimum Gasteiger partial charge on any atom is -0.386 e. The van der Waals surface area contributed by atoms with Crippen molar-refractivity contribution in [2.24, 2.45) is 0 Å². The summed E-state index contributed by atoms with van der Waals surface area (Å²) in [5, 5.41) is 17.7. The largest absolute Gasteiger partial charge is 0.386 e. The van der Waals surface area contributed by atoms with Crippen LogP contribution in [0.5, 0.6) is 0 Å². The summed E-state index contributed by atoms with van der Waals surface area (Å²) >= 11 is 1.48. The molecule has 3 heterocycles. The molecule has 1 aromatic carbocycles. The fourth-order valence-corrected chi connectivity index (χ4v) is 3.78. The number of aliphatic hydroxyl groups is 1. The first-order valence-corrected chi connectivity index (χ1v) is 9.48. The molecule has 0 radical (unpaired) electrons. The van der Waals surface area contributed by atoms with Crippen LogP contribution in [0.15, 0.2) is 41.8 Å². The van der Waals surface area contributed by atoms with E-state index in [2.05, 4.69) is 10.1 Å². The molecule has 0 spiro atoms. The van der Waals surface area contributed by atoms with Gasteiger partial charge in [-0.1, -0.05) is 30.3 Å². The number of nitrogens with zero attached hydrogens (tertiary/aromatic N) is 4. The average Bonchev–Trinajstić information content (AvgIpc) is 3.27. The summed E-state index contributed by atoms with van der Waals surface area (Å²) in [6.07, 6.45) is -0.126. The summed E-state index contributed by atoms with van der Waals surface area (Å²) in [5.41, 5.74) is 3.17. The van der Waals surface area contributed by atoms with E-state index in [0.29, 0.717) is 37.4 Å². The van der Waals surface area contributed by atoms with Crippen LogP contribution < -0.4 is 0 Å². The topological polar surface area (TPSA) is 71.2 Å². The number of aryl methyl sites for hydroxylation is 1. The van der Waals surface area contributed by atoms with Gasteiger partial charge in [0.25, 0.3) is 5.91 Å². The number of carbonyl (C=O) groups excluding carboxylic acids is 1. The lowest BCUT2D eigenvalue weighted by Crippen LogP contribution is -2.38. The minimum atomic E-state index is -0.652. The molecule has 1 aliphatic rings. The number of thiazole rings is 1. The molecule has 2 aromatic heterocycles. The first-order valence-electron chi connectivity index (χ1n) is 8.60. The Morgan fingerprint density at radius 3 is 2.85 bits per heavy atom. The monoisotopic (exact) mass is 368 g/mol. The van der Waals surface area contributed by atoms with Crippen LogP contribution >= 0.6 is 11.3 Å². The third-order valence-electron chi connectivity index (χ3n) is 4.56. The number of benzene rings is 1. The lowest BCUT2D eigenvalue weighted by molar-refractivity contribution is 0.0700. The molecular weight excluding hydrogens is 348 g/mol. The molecule has 3 aromatic rings. The minimum absolute atomic E-state index is 0.0480. The van der Waals surface area contributed by atoms with Crippen molar-refractivity contribution >= 4 is 17.2 Å². The van der Waals surface area contributed by atoms with E-state index in [1.807, 2.05) is 48.0 Å². The molecule has 1 atom stereocenters. The summed E-state index contributed by atoms with van der Waals surface area (Å²) in [7, 11) is 0. The van der Waals surface area contributed by atoms with Crippen LogP contribution in [0.4, 0.5) is 0 Å². The number of amides is 1. The zero-order chi connectivity index (χ0) is 18.1. The van der Waals surface area contributed by atoms with Crippen molar-refractivity contribution in [2.45, 2.75) is 32.5 Å². The molecule has 134 valence electrons. The van der Waals surface area contributed by atoms with Crippen molar-refractivity contribution in [3.8, 4) is 0 Å². The summed E-state index contributed by atoms with van der Waals surface area (Å²) in [5.74, 6) is -0.0480. The normalized spacial score (nSPS) is 14.9. The van der Waals surface area contributed by atoms with Gasteiger partial charge in [0.05, 0.1) is 29.5 Å². The van der Waals surface area contributed by atoms with Crippen molar-refractivity contribution in [3.05, 3.63) is 69.4 Å². The summed E-state index contributed by atoms with van der Waals surface area (Å²) in [6, 6.07) is 11.8. The second-order valence-corrected chi connectivity index (χ2v) is 7.53. The van der Waals surface area contributed by atoms with Crippen molar-refractivity contribution in [2.75, 3.05) is 6.54 Å². The number of rotatable bonds is 4. The van der Waals surface area contributed by atoms with Crippen LogP contribution in [-0.4, -0.2) is 37.2 Å². The van der Waals surface area contributed by atoms with Crippen LogP contribution in [0.2, 0.25) is 0 Å². The second-order valence-electron chi connectivity index (χ2n) is 6.47. The van der Waals surface area contributed by atoms with Crippen molar-refractivity contribution in [1.82, 2.24) is 19.7 Å². The average molecular weight is 368 g/mol. The van der Waals surface area contributed by atoms with Crippen LogP contribution in [0.1, 0.15) is 38.6 Å². The molecule has 0 saturated heterocycles. The Morgan fingerprint density at radius 1 is 1.31 bits per heavy atom. The third kappa shape index (κ3) is 3.40. The van der Waals surface area contributed by atoms with Gasteiger partial charge in [0, 0.05) is 18.3 Å². The molecular formula is C19H20N4O2S. The fraction of sp³-hybridized carbons (Fsp3) is 0.316. The summed E-state index contributed by atoms with van der Waals surface area (Å²) in [6.45, 7) is 3.61. The Kier molecular flexibility index (Phi) is 4.57. The van der Waals surface area contributed by atoms with E-state index in [1.165, 1.54) is 11.3 Å². The standard InChI is InChI=1S/C19H20N4O2S/c1-13-20-17(12-26-13)19(25)22-7-8-23-15(11-22)10-16(21-23)18(24)9-14-5-3-2-4-6-14/h2-6,10,12,18,24H,7-9,11H2,1H3/t18-/m0/s1. The molecule has 7 heteroatoms. The van der Waals surface area contributed by atoms with Gasteiger partial charge in [-0.25, -0.2) is 4.98 Å². The zero-order valence-electron chi connectivity index (χ0n) is 14.5. The van der Waals surface area contributed by atoms with E-state index in [4.69, 9.17) is 0 Å². The van der Waals surface area contributed by atoms with Gasteiger partial charge in [-0.3, -0.25) is 9.48 Å². The molecule has 0 saturated carbocycles. The number of aromatic nitrogens is 3. The highest BCUT2D eigenvalue weighted by molar-refractivity contribution is 7.09. The molecule has 0 unspecified atom stereocenters. The highest BCUT2D eigenvalue weighted by Gasteiger charge is 2.26. The lowest BCUT2D eigenvalue weighted by Gasteiger charge is -2.27. The van der Waals surface area contributed by atoms with Crippen LogP contribution in [0.3, 0.4) is 0 Å². The number of fused-ring (bicyclic) bond motifs is 1. The fourth-order valence-electron chi connectivity index (χ4n) is 3.19. The highest BCUT2D eigenvalue weighted by Crippen LogP contribution is 2.22. The van der Waals surface area contributed by atoms with E-state index in [1.54, 1.807) is 10.3 Å². The van der Waals surface area contributed by atoms with Crippen molar-refractivity contribution in [1.29, 1.82) is 0 Å². The Bertz CT molecular complexity index is 919. The zero-order valence-corrected chi connectivity index (χ0v) is 15.3. The Labute approximate surface area is 155 Å². The Balaban J connectivity index is 1.47. The van der Waals surface area contributed by atoms with Crippen LogP contribution in [0, 0.1) is 6.92 Å². The quantitative estimate of drug-likeness (QED) is 0.768. The van der Waals surface area contributed by atoms with E-state index in [0.717, 1.165) is 16.3 Å². The number of hydrogen-bond acceptors (Lipinski definition) is 5. The maximum Gasteiger partial charge on any atom is 0.273 e. The third-order valence-corrected chi connectivity index (χ3v) is 5.33. The van der Waals surface area contributed by atoms with Gasteiger partial charge in [-0.2, -0.15) is 5.10 Å². The van der Waals surface area contributed by atoms with E-state index >= 15 is 0 Å². The van der Waals surface area contributed by atoms with Gasteiger partial charge in [0.15, 0.2) is 0 Å². The molecule has 1 N–H and O–H groups in total. The highest BCUT2D eigenvalue weighted by atomic mass is 32.1. The van der Waals surface area contributed by atoms with Gasteiger partial charge < -0.3 is 10.0 Å². The molecule has 1 amide bonds. The summed E-state index contributed by atoms with van der Waals surface area (Å²) in [4.78, 5) is 18.7. The Morgan fingerprint density at radius 2 is 2.12 bits per heavy atom. The number of carbonyl (C=O) groups is 1. The molecule has 6 nitrogen and oxygen atoms in total. The Hall–Kier alpha value is -2.51. The number of aliphatic hydroxyl groups excluding tert-OH is 1. The van der Waals surface area contributed by atoms with Gasteiger partial charge >= 0.3 is 0 Å². The molecule has 1 aliphatic heterocycles. The summed E-state index contributed by atoms with van der Waals surface area (Å²) < 4.78 is 1.89. The number of hydrogen-bond donors (Lipinski definition) is 1. The maximum absolute atomic E-state index is 12.6. The van der Waals surface area contributed by atoms with Gasteiger partial charge in [0.1, 0.15) is 11.8 Å². The van der Waals surface area contributed by atoms with Crippen molar-refractivity contribution in [3.63, 3.8) is 0 Å². The van der Waals surface area contributed by atoms with E-state index in [-0.39, 0.29) is 5.91 Å². The van der Waals surface area contributed by atoms with E-state index in [9.17, 15) is 9.90 Å². The van der Waals surface area contributed by atoms with Gasteiger partial charge in [-0.15, -0.1) is 11.3 Å². The van der Waals surface area contributed by atoms with Crippen LogP contribution in [-0.2, 0) is 19.5 Å². The molecule has 0 fully saturated rings. The maximum atomic E-state index is 12.6. The predicted octanol–water partition coefficient (Wildman–Crippen LogP) is 2.58. The van der Waals surface area contributed by atoms with Crippen LogP contribution in [0.25, 0.3) is 0 Å². The lowest BCUT2D eigenvalue weighted by atomic mass is 10.1. The molecule has 0 bridgehead atoms. The second kappa shape index (κ2) is 7.01. The van der Waals surface area contributed by atoms with E-state index < -0.39 is 6.10 Å². The van der Waals surface area contributed by atoms with Gasteiger partial charge in [-0.05, 0) is 18.6 Å².